The van der Waals surface area contributed by atoms with Crippen LogP contribution in [0.4, 0.5) is 0 Å². The highest BCUT2D eigenvalue weighted by Gasteiger charge is 2.23. The fourth-order valence-electron chi connectivity index (χ4n) is 3.27. The third-order valence-corrected chi connectivity index (χ3v) is 4.74. The van der Waals surface area contributed by atoms with Crippen LogP contribution in [0.2, 0.25) is 0 Å². The van der Waals surface area contributed by atoms with Crippen LogP contribution in [0.1, 0.15) is 28.8 Å². The molecule has 5 nitrogen and oxygen atoms in total. The molecule has 1 saturated heterocycles. The van der Waals surface area contributed by atoms with Crippen LogP contribution in [0.5, 0.6) is 5.75 Å². The summed E-state index contributed by atoms with van der Waals surface area (Å²) in [5, 5.41) is 9.39. The topological polar surface area (TPSA) is 66.8 Å². The molecule has 0 aliphatic carbocycles. The molecule has 1 heterocycles. The van der Waals surface area contributed by atoms with Gasteiger partial charge in [-0.15, -0.1) is 0 Å². The molecule has 0 spiro atoms. The molecule has 0 bridgehead atoms. The van der Waals surface area contributed by atoms with Crippen molar-refractivity contribution >= 4 is 11.9 Å². The zero-order chi connectivity index (χ0) is 18.4. The normalized spacial score (nSPS) is 14.8. The van der Waals surface area contributed by atoms with E-state index < -0.39 is 5.97 Å². The minimum Gasteiger partial charge on any atom is -0.508 e. The van der Waals surface area contributed by atoms with E-state index in [0.717, 1.165) is 19.3 Å². The van der Waals surface area contributed by atoms with E-state index in [0.29, 0.717) is 19.0 Å². The van der Waals surface area contributed by atoms with E-state index in [1.807, 2.05) is 6.07 Å². The van der Waals surface area contributed by atoms with Gasteiger partial charge in [0.15, 0.2) is 6.61 Å². The van der Waals surface area contributed by atoms with Gasteiger partial charge in [-0.1, -0.05) is 36.4 Å². The molecule has 136 valence electrons. The van der Waals surface area contributed by atoms with Crippen molar-refractivity contribution in [3.63, 3.8) is 0 Å². The first-order valence-corrected chi connectivity index (χ1v) is 8.89. The Balaban J connectivity index is 1.43. The monoisotopic (exact) mass is 353 g/mol. The Kier molecular flexibility index (Phi) is 5.89. The lowest BCUT2D eigenvalue weighted by atomic mass is 9.90. The van der Waals surface area contributed by atoms with Crippen LogP contribution in [-0.4, -0.2) is 41.6 Å². The second-order valence-electron chi connectivity index (χ2n) is 6.64. The highest BCUT2D eigenvalue weighted by Crippen LogP contribution is 2.21. The summed E-state index contributed by atoms with van der Waals surface area (Å²) in [6.45, 7) is 1.12. The van der Waals surface area contributed by atoms with E-state index in [1.54, 1.807) is 17.0 Å². The number of carbonyl (C=O) groups is 2. The molecule has 1 fully saturated rings. The Bertz CT molecular complexity index is 752. The third kappa shape index (κ3) is 4.85. The lowest BCUT2D eigenvalue weighted by Crippen LogP contribution is -2.41. The Hall–Kier alpha value is -2.82. The highest BCUT2D eigenvalue weighted by molar-refractivity contribution is 5.91. The number of piperidine rings is 1. The number of amides is 1. The predicted octanol–water partition coefficient (Wildman–Crippen LogP) is 3.03. The van der Waals surface area contributed by atoms with Crippen molar-refractivity contribution in [1.29, 1.82) is 0 Å². The van der Waals surface area contributed by atoms with E-state index >= 15 is 0 Å². The lowest BCUT2D eigenvalue weighted by molar-refractivity contribution is -0.135. The summed E-state index contributed by atoms with van der Waals surface area (Å²) < 4.78 is 5.08. The molecule has 0 saturated carbocycles. The van der Waals surface area contributed by atoms with Crippen molar-refractivity contribution in [2.45, 2.75) is 19.3 Å². The Labute approximate surface area is 153 Å². The highest BCUT2D eigenvalue weighted by atomic mass is 16.5. The minimum absolute atomic E-state index is 0.00809. The van der Waals surface area contributed by atoms with E-state index in [1.165, 1.54) is 17.7 Å². The second kappa shape index (κ2) is 8.52. The van der Waals surface area contributed by atoms with Gasteiger partial charge in [-0.05, 0) is 48.9 Å². The first-order valence-electron chi connectivity index (χ1n) is 8.89. The molecule has 3 rings (SSSR count). The molecule has 0 atom stereocenters. The summed E-state index contributed by atoms with van der Waals surface area (Å²) in [6, 6.07) is 16.3. The number of aromatic hydroxyl groups is 1. The minimum atomic E-state index is -0.604. The van der Waals surface area contributed by atoms with Crippen LogP contribution in [0.25, 0.3) is 0 Å². The molecule has 1 N–H and O–H groups in total. The number of esters is 1. The first kappa shape index (κ1) is 18.0. The average Bonchev–Trinajstić information content (AvgIpc) is 2.67. The van der Waals surface area contributed by atoms with Crippen molar-refractivity contribution < 1.29 is 19.4 Å². The smallest absolute Gasteiger partial charge is 0.338 e. The number of phenolic OH excluding ortho intramolecular Hbond substituents is 1. The molecular weight excluding hydrogens is 330 g/mol. The van der Waals surface area contributed by atoms with Crippen molar-refractivity contribution in [2.75, 3.05) is 19.7 Å². The molecule has 2 aromatic rings. The average molecular weight is 353 g/mol. The van der Waals surface area contributed by atoms with E-state index in [9.17, 15) is 14.7 Å². The molecule has 5 heteroatoms. The van der Waals surface area contributed by atoms with Gasteiger partial charge in [0.25, 0.3) is 5.91 Å². The molecular formula is C21H23NO4. The van der Waals surface area contributed by atoms with Crippen molar-refractivity contribution in [3.05, 3.63) is 65.7 Å². The summed E-state index contributed by atoms with van der Waals surface area (Å²) >= 11 is 0. The van der Waals surface area contributed by atoms with Gasteiger partial charge in [0, 0.05) is 13.1 Å². The van der Waals surface area contributed by atoms with E-state index in [4.69, 9.17) is 4.74 Å². The Morgan fingerprint density at radius 1 is 1.04 bits per heavy atom. The number of benzene rings is 2. The molecule has 0 radical (unpaired) electrons. The maximum absolute atomic E-state index is 12.3. The maximum atomic E-state index is 12.3. The van der Waals surface area contributed by atoms with Crippen LogP contribution < -0.4 is 0 Å². The van der Waals surface area contributed by atoms with Crippen LogP contribution >= 0.6 is 0 Å². The number of hydrogen-bond acceptors (Lipinski definition) is 4. The number of phenols is 1. The van der Waals surface area contributed by atoms with Gasteiger partial charge in [0.2, 0.25) is 0 Å². The first-order chi connectivity index (χ1) is 12.6. The van der Waals surface area contributed by atoms with Gasteiger partial charge >= 0.3 is 5.97 Å². The molecule has 1 aliphatic rings. The van der Waals surface area contributed by atoms with Crippen molar-refractivity contribution in [1.82, 2.24) is 4.90 Å². The largest absolute Gasteiger partial charge is 0.508 e. The van der Waals surface area contributed by atoms with Gasteiger partial charge < -0.3 is 14.7 Å². The zero-order valence-electron chi connectivity index (χ0n) is 14.6. The predicted molar refractivity (Wildman–Crippen MR) is 97.8 cm³/mol. The number of rotatable bonds is 5. The van der Waals surface area contributed by atoms with Crippen molar-refractivity contribution in [2.24, 2.45) is 5.92 Å². The standard InChI is InChI=1S/C21H23NO4/c23-19-8-4-7-18(14-19)21(25)26-15-20(24)22-11-9-17(10-12-22)13-16-5-2-1-3-6-16/h1-8,14,17,23H,9-13,15H2. The van der Waals surface area contributed by atoms with E-state index in [-0.39, 0.29) is 23.8 Å². The van der Waals surface area contributed by atoms with Crippen LogP contribution in [0.15, 0.2) is 54.6 Å². The number of carbonyl (C=O) groups excluding carboxylic acids is 2. The third-order valence-electron chi connectivity index (χ3n) is 4.74. The van der Waals surface area contributed by atoms with Gasteiger partial charge in [0.1, 0.15) is 5.75 Å². The molecule has 1 aliphatic heterocycles. The lowest BCUT2D eigenvalue weighted by Gasteiger charge is -2.32. The van der Waals surface area contributed by atoms with Gasteiger partial charge in [-0.2, -0.15) is 0 Å². The van der Waals surface area contributed by atoms with Crippen LogP contribution in [0, 0.1) is 5.92 Å². The number of nitrogens with zero attached hydrogens (tertiary/aromatic N) is 1. The summed E-state index contributed by atoms with van der Waals surface area (Å²) in [7, 11) is 0. The second-order valence-corrected chi connectivity index (χ2v) is 6.64. The molecule has 26 heavy (non-hydrogen) atoms. The van der Waals surface area contributed by atoms with Gasteiger partial charge in [-0.3, -0.25) is 4.79 Å². The number of ether oxygens (including phenoxy) is 1. The van der Waals surface area contributed by atoms with E-state index in [2.05, 4.69) is 24.3 Å². The number of likely N-dealkylation sites (tertiary alicyclic amines) is 1. The Morgan fingerprint density at radius 2 is 1.77 bits per heavy atom. The maximum Gasteiger partial charge on any atom is 0.338 e. The summed E-state index contributed by atoms with van der Waals surface area (Å²) in [4.78, 5) is 26.0. The fourth-order valence-corrected chi connectivity index (χ4v) is 3.27. The quantitative estimate of drug-likeness (QED) is 0.839. The SMILES string of the molecule is O=C(OCC(=O)N1CCC(Cc2ccccc2)CC1)c1cccc(O)c1. The molecule has 2 aromatic carbocycles. The van der Waals surface area contributed by atoms with Gasteiger partial charge in [0.05, 0.1) is 5.56 Å². The summed E-state index contributed by atoms with van der Waals surface area (Å²) in [5.41, 5.74) is 1.57. The fraction of sp³-hybridized carbons (Fsp3) is 0.333. The van der Waals surface area contributed by atoms with Crippen LogP contribution in [-0.2, 0) is 16.0 Å². The molecule has 1 amide bonds. The zero-order valence-corrected chi connectivity index (χ0v) is 14.6. The molecule has 0 aromatic heterocycles. The number of hydrogen-bond donors (Lipinski definition) is 1. The summed E-state index contributed by atoms with van der Waals surface area (Å²) in [5.74, 6) is -0.201. The molecule has 0 unspecified atom stereocenters. The Morgan fingerprint density at radius 3 is 2.46 bits per heavy atom. The van der Waals surface area contributed by atoms with Crippen LogP contribution in [0.3, 0.4) is 0 Å². The summed E-state index contributed by atoms with van der Waals surface area (Å²) in [6.07, 6.45) is 2.96. The van der Waals surface area contributed by atoms with Crippen molar-refractivity contribution in [3.8, 4) is 5.75 Å². The van der Waals surface area contributed by atoms with Gasteiger partial charge in [-0.25, -0.2) is 4.79 Å².